The number of nitrogens with one attached hydrogen (secondary N) is 1. The lowest BCUT2D eigenvalue weighted by atomic mass is 10.1. The Morgan fingerprint density at radius 1 is 1.40 bits per heavy atom. The number of benzene rings is 1. The SMILES string of the molecule is COc1ccc(N)c(NC(=O)CCc2cccnc2)c1. The number of ether oxygens (including phenoxy) is 1. The van der Waals surface area contributed by atoms with Crippen molar-refractivity contribution in [2.24, 2.45) is 0 Å². The highest BCUT2D eigenvalue weighted by atomic mass is 16.5. The molecule has 0 unspecified atom stereocenters. The summed E-state index contributed by atoms with van der Waals surface area (Å²) in [5.41, 5.74) is 7.93. The fraction of sp³-hybridized carbons (Fsp3) is 0.200. The van der Waals surface area contributed by atoms with Crippen LogP contribution < -0.4 is 15.8 Å². The number of rotatable bonds is 5. The molecular weight excluding hydrogens is 254 g/mol. The van der Waals surface area contributed by atoms with E-state index < -0.39 is 0 Å². The van der Waals surface area contributed by atoms with Gasteiger partial charge in [0.25, 0.3) is 0 Å². The molecule has 5 heteroatoms. The van der Waals surface area contributed by atoms with Gasteiger partial charge in [-0.1, -0.05) is 6.07 Å². The number of nitrogen functional groups attached to an aromatic ring is 1. The standard InChI is InChI=1S/C15H17N3O2/c1-20-12-5-6-13(16)14(9-12)18-15(19)7-4-11-3-2-8-17-10-11/h2-3,5-6,8-10H,4,7,16H2,1H3,(H,18,19). The van der Waals surface area contributed by atoms with Crippen LogP contribution in [0.3, 0.4) is 0 Å². The van der Waals surface area contributed by atoms with Gasteiger partial charge in [-0.15, -0.1) is 0 Å². The van der Waals surface area contributed by atoms with Gasteiger partial charge in [0, 0.05) is 24.9 Å². The molecule has 0 spiro atoms. The van der Waals surface area contributed by atoms with Crippen molar-refractivity contribution in [3.63, 3.8) is 0 Å². The highest BCUT2D eigenvalue weighted by Crippen LogP contribution is 2.24. The van der Waals surface area contributed by atoms with Crippen molar-refractivity contribution in [3.05, 3.63) is 48.3 Å². The molecule has 0 saturated heterocycles. The maximum Gasteiger partial charge on any atom is 0.224 e. The molecule has 0 aliphatic rings. The number of aromatic nitrogens is 1. The summed E-state index contributed by atoms with van der Waals surface area (Å²) in [6.07, 6.45) is 4.49. The van der Waals surface area contributed by atoms with E-state index in [0.717, 1.165) is 5.56 Å². The van der Waals surface area contributed by atoms with E-state index in [1.54, 1.807) is 37.7 Å². The molecule has 0 radical (unpaired) electrons. The first-order valence-electron chi connectivity index (χ1n) is 6.31. The Morgan fingerprint density at radius 2 is 2.25 bits per heavy atom. The van der Waals surface area contributed by atoms with Crippen LogP contribution >= 0.6 is 0 Å². The average Bonchev–Trinajstić information content (AvgIpc) is 2.48. The molecule has 2 rings (SSSR count). The number of carbonyl (C=O) groups excluding carboxylic acids is 1. The van der Waals surface area contributed by atoms with Crippen LogP contribution in [-0.4, -0.2) is 18.0 Å². The third-order valence-electron chi connectivity index (χ3n) is 2.90. The van der Waals surface area contributed by atoms with Crippen LogP contribution in [0.15, 0.2) is 42.7 Å². The number of amides is 1. The number of methoxy groups -OCH3 is 1. The minimum Gasteiger partial charge on any atom is -0.497 e. The van der Waals surface area contributed by atoms with Crippen LogP contribution in [0.1, 0.15) is 12.0 Å². The number of hydrogen-bond donors (Lipinski definition) is 2. The van der Waals surface area contributed by atoms with Crippen molar-refractivity contribution in [2.75, 3.05) is 18.2 Å². The summed E-state index contributed by atoms with van der Waals surface area (Å²) >= 11 is 0. The Labute approximate surface area is 117 Å². The van der Waals surface area contributed by atoms with Gasteiger partial charge in [0.05, 0.1) is 18.5 Å². The third-order valence-corrected chi connectivity index (χ3v) is 2.90. The lowest BCUT2D eigenvalue weighted by Gasteiger charge is -2.10. The van der Waals surface area contributed by atoms with Gasteiger partial charge < -0.3 is 15.8 Å². The Hall–Kier alpha value is -2.56. The first kappa shape index (κ1) is 13.9. The van der Waals surface area contributed by atoms with Crippen LogP contribution in [0, 0.1) is 0 Å². The Morgan fingerprint density at radius 3 is 2.95 bits per heavy atom. The van der Waals surface area contributed by atoms with E-state index in [1.165, 1.54) is 0 Å². The van der Waals surface area contributed by atoms with Crippen molar-refractivity contribution < 1.29 is 9.53 Å². The molecule has 1 aromatic carbocycles. The van der Waals surface area contributed by atoms with Gasteiger partial charge in [0.1, 0.15) is 5.75 Å². The molecule has 0 saturated carbocycles. The van der Waals surface area contributed by atoms with Gasteiger partial charge in [-0.25, -0.2) is 0 Å². The molecule has 0 atom stereocenters. The lowest BCUT2D eigenvalue weighted by molar-refractivity contribution is -0.116. The monoisotopic (exact) mass is 271 g/mol. The van der Waals surface area contributed by atoms with Crippen molar-refractivity contribution in [3.8, 4) is 5.75 Å². The average molecular weight is 271 g/mol. The molecule has 3 N–H and O–H groups in total. The molecule has 0 fully saturated rings. The first-order chi connectivity index (χ1) is 9.69. The fourth-order valence-electron chi connectivity index (χ4n) is 1.79. The molecule has 5 nitrogen and oxygen atoms in total. The summed E-state index contributed by atoms with van der Waals surface area (Å²) in [6.45, 7) is 0. The number of pyridine rings is 1. The van der Waals surface area contributed by atoms with E-state index in [9.17, 15) is 4.79 Å². The van der Waals surface area contributed by atoms with E-state index in [1.807, 2.05) is 12.1 Å². The van der Waals surface area contributed by atoms with E-state index >= 15 is 0 Å². The molecule has 0 aliphatic heterocycles. The molecule has 1 amide bonds. The van der Waals surface area contributed by atoms with Gasteiger partial charge >= 0.3 is 0 Å². The van der Waals surface area contributed by atoms with Crippen LogP contribution in [-0.2, 0) is 11.2 Å². The second kappa shape index (κ2) is 6.56. The number of nitrogens with zero attached hydrogens (tertiary/aromatic N) is 1. The van der Waals surface area contributed by atoms with Gasteiger partial charge in [0.2, 0.25) is 5.91 Å². The molecule has 1 aromatic heterocycles. The molecule has 2 aromatic rings. The van der Waals surface area contributed by atoms with E-state index in [2.05, 4.69) is 10.3 Å². The van der Waals surface area contributed by atoms with E-state index in [0.29, 0.717) is 30.0 Å². The number of hydrogen-bond acceptors (Lipinski definition) is 4. The molecule has 0 bridgehead atoms. The van der Waals surface area contributed by atoms with Crippen molar-refractivity contribution >= 4 is 17.3 Å². The lowest BCUT2D eigenvalue weighted by Crippen LogP contribution is -2.13. The van der Waals surface area contributed by atoms with Gasteiger partial charge in [-0.2, -0.15) is 0 Å². The topological polar surface area (TPSA) is 77.2 Å². The molecular formula is C15H17N3O2. The zero-order valence-electron chi connectivity index (χ0n) is 11.3. The van der Waals surface area contributed by atoms with E-state index in [-0.39, 0.29) is 5.91 Å². The summed E-state index contributed by atoms with van der Waals surface area (Å²) in [5, 5.41) is 2.79. The molecule has 0 aliphatic carbocycles. The summed E-state index contributed by atoms with van der Waals surface area (Å²) in [5.74, 6) is 0.565. The maximum absolute atomic E-state index is 11.9. The zero-order chi connectivity index (χ0) is 14.4. The maximum atomic E-state index is 11.9. The van der Waals surface area contributed by atoms with Crippen LogP contribution in [0.2, 0.25) is 0 Å². The van der Waals surface area contributed by atoms with Crippen LogP contribution in [0.25, 0.3) is 0 Å². The van der Waals surface area contributed by atoms with Crippen molar-refractivity contribution in [2.45, 2.75) is 12.8 Å². The predicted molar refractivity (Wildman–Crippen MR) is 78.6 cm³/mol. The van der Waals surface area contributed by atoms with Gasteiger partial charge in [-0.05, 0) is 30.2 Å². The van der Waals surface area contributed by atoms with Crippen LogP contribution in [0.5, 0.6) is 5.75 Å². The van der Waals surface area contributed by atoms with E-state index in [4.69, 9.17) is 10.5 Å². The quantitative estimate of drug-likeness (QED) is 0.818. The molecule has 1 heterocycles. The highest BCUT2D eigenvalue weighted by molar-refractivity contribution is 5.94. The summed E-state index contributed by atoms with van der Waals surface area (Å²) in [4.78, 5) is 15.9. The van der Waals surface area contributed by atoms with Crippen molar-refractivity contribution in [1.29, 1.82) is 0 Å². The normalized spacial score (nSPS) is 10.1. The zero-order valence-corrected chi connectivity index (χ0v) is 11.3. The molecule has 104 valence electrons. The Kier molecular flexibility index (Phi) is 4.55. The minimum absolute atomic E-state index is 0.0891. The van der Waals surface area contributed by atoms with Crippen LogP contribution in [0.4, 0.5) is 11.4 Å². The fourth-order valence-corrected chi connectivity index (χ4v) is 1.79. The van der Waals surface area contributed by atoms with Gasteiger partial charge in [-0.3, -0.25) is 9.78 Å². The summed E-state index contributed by atoms with van der Waals surface area (Å²) in [6, 6.07) is 8.96. The Bertz CT molecular complexity index is 585. The smallest absolute Gasteiger partial charge is 0.224 e. The summed E-state index contributed by atoms with van der Waals surface area (Å²) < 4.78 is 5.11. The minimum atomic E-state index is -0.0891. The number of nitrogens with two attached hydrogens (primary N) is 1. The van der Waals surface area contributed by atoms with Gasteiger partial charge in [0.15, 0.2) is 0 Å². The summed E-state index contributed by atoms with van der Waals surface area (Å²) in [7, 11) is 1.57. The highest BCUT2D eigenvalue weighted by Gasteiger charge is 2.07. The largest absolute Gasteiger partial charge is 0.497 e. The number of carbonyl (C=O) groups is 1. The molecule has 20 heavy (non-hydrogen) atoms. The number of aryl methyl sites for hydroxylation is 1. The second-order valence-electron chi connectivity index (χ2n) is 4.36. The number of anilines is 2. The second-order valence-corrected chi connectivity index (χ2v) is 4.36. The Balaban J connectivity index is 1.94. The third kappa shape index (κ3) is 3.71. The first-order valence-corrected chi connectivity index (χ1v) is 6.31. The van der Waals surface area contributed by atoms with Crippen molar-refractivity contribution in [1.82, 2.24) is 4.98 Å². The predicted octanol–water partition coefficient (Wildman–Crippen LogP) is 2.24.